The maximum atomic E-state index is 6.68. The van der Waals surface area contributed by atoms with Gasteiger partial charge in [-0.15, -0.1) is 0 Å². The molecule has 4 unspecified atom stereocenters. The van der Waals surface area contributed by atoms with Crippen LogP contribution in [-0.4, -0.2) is 6.54 Å². The van der Waals surface area contributed by atoms with Crippen LogP contribution in [0.15, 0.2) is 0 Å². The van der Waals surface area contributed by atoms with Gasteiger partial charge < -0.3 is 5.73 Å². The van der Waals surface area contributed by atoms with Crippen molar-refractivity contribution < 1.29 is 0 Å². The number of nitrogens with two attached hydrogens (primary N) is 1. The van der Waals surface area contributed by atoms with E-state index in [-0.39, 0.29) is 0 Å². The molecule has 0 radical (unpaired) electrons. The van der Waals surface area contributed by atoms with Crippen molar-refractivity contribution in [1.82, 2.24) is 0 Å². The molecule has 69 heavy (non-hydrogen) atoms. The molecule has 0 aromatic heterocycles. The first-order valence-electron chi connectivity index (χ1n) is 33.7. The predicted octanol–water partition coefficient (Wildman–Crippen LogP) is 24.7. The normalized spacial score (nSPS) is 18.7. The summed E-state index contributed by atoms with van der Waals surface area (Å²) in [6, 6.07) is 0. The summed E-state index contributed by atoms with van der Waals surface area (Å²) in [5, 5.41) is 0. The molecule has 0 amide bonds. The van der Waals surface area contributed by atoms with Crippen molar-refractivity contribution in [2.45, 2.75) is 401 Å². The van der Waals surface area contributed by atoms with Crippen molar-refractivity contribution in [3.05, 3.63) is 0 Å². The molecule has 1 heteroatoms. The maximum absolute atomic E-state index is 6.68. The summed E-state index contributed by atoms with van der Waals surface area (Å²) in [4.78, 5) is 0. The standard InChI is InChI=1S/C68H137N/c1-7-13-19-25-31-34-40-46-52-64(51-43-37-28-22-16-10-4)61-67(59-50-60-69)57-49-58-68(67,62-65(53-44-38-29-23-17-11-5)55-47-41-35-32-26-20-14-8-2)63-66(54-45-39-30-24-18-12-6)56-48-42-36-33-27-21-15-9-3/h64-66H,7-63,69H2,1-6H3. The molecule has 1 aliphatic carbocycles. The van der Waals surface area contributed by atoms with Crippen LogP contribution in [0.25, 0.3) is 0 Å². The highest BCUT2D eigenvalue weighted by atomic mass is 14.6. The first-order valence-corrected chi connectivity index (χ1v) is 33.7. The zero-order valence-corrected chi connectivity index (χ0v) is 49.6. The monoisotopic (exact) mass is 968 g/mol. The van der Waals surface area contributed by atoms with Gasteiger partial charge in [0.2, 0.25) is 0 Å². The van der Waals surface area contributed by atoms with E-state index in [1.807, 2.05) is 0 Å². The van der Waals surface area contributed by atoms with E-state index in [0.29, 0.717) is 10.8 Å². The number of rotatable bonds is 57. The highest BCUT2D eigenvalue weighted by molar-refractivity contribution is 5.05. The van der Waals surface area contributed by atoms with Crippen LogP contribution in [0.4, 0.5) is 0 Å². The van der Waals surface area contributed by atoms with Crippen LogP contribution in [0.1, 0.15) is 401 Å². The van der Waals surface area contributed by atoms with Gasteiger partial charge in [0.05, 0.1) is 0 Å². The van der Waals surface area contributed by atoms with E-state index in [1.165, 1.54) is 334 Å². The largest absolute Gasteiger partial charge is 0.330 e. The van der Waals surface area contributed by atoms with Crippen molar-refractivity contribution in [3.63, 3.8) is 0 Å². The third-order valence-corrected chi connectivity index (χ3v) is 18.6. The van der Waals surface area contributed by atoms with Gasteiger partial charge in [-0.1, -0.05) is 356 Å². The fraction of sp³-hybridized carbons (Fsp3) is 1.00. The van der Waals surface area contributed by atoms with E-state index in [4.69, 9.17) is 5.73 Å². The van der Waals surface area contributed by atoms with Crippen molar-refractivity contribution in [3.8, 4) is 0 Å². The van der Waals surface area contributed by atoms with Crippen LogP contribution < -0.4 is 5.73 Å². The molecule has 2 N–H and O–H groups in total. The van der Waals surface area contributed by atoms with Crippen LogP contribution in [0.5, 0.6) is 0 Å². The zero-order chi connectivity index (χ0) is 50.0. The first-order chi connectivity index (χ1) is 34.0. The van der Waals surface area contributed by atoms with E-state index in [0.717, 1.165) is 24.3 Å². The number of unbranched alkanes of at least 4 members (excludes halogenated alkanes) is 36. The molecule has 0 aromatic rings. The minimum Gasteiger partial charge on any atom is -0.330 e. The minimum atomic E-state index is 0.511. The molecule has 0 saturated heterocycles. The summed E-state index contributed by atoms with van der Waals surface area (Å²) < 4.78 is 0. The second kappa shape index (κ2) is 50.1. The summed E-state index contributed by atoms with van der Waals surface area (Å²) in [7, 11) is 0. The Kier molecular flexibility index (Phi) is 48.7. The van der Waals surface area contributed by atoms with Gasteiger partial charge in [-0.25, -0.2) is 0 Å². The molecular weight excluding hydrogens is 831 g/mol. The quantitative estimate of drug-likeness (QED) is 0.0604. The Morgan fingerprint density at radius 1 is 0.261 bits per heavy atom. The van der Waals surface area contributed by atoms with Crippen molar-refractivity contribution >= 4 is 0 Å². The van der Waals surface area contributed by atoms with E-state index in [1.54, 1.807) is 25.7 Å². The lowest BCUT2D eigenvalue weighted by atomic mass is 9.53. The molecule has 1 nitrogen and oxygen atoms in total. The summed E-state index contributed by atoms with van der Waals surface area (Å²) in [6.45, 7) is 15.2. The van der Waals surface area contributed by atoms with E-state index in [9.17, 15) is 0 Å². The summed E-state index contributed by atoms with van der Waals surface area (Å²) in [5.74, 6) is 2.81. The first kappa shape index (κ1) is 67.0. The fourth-order valence-corrected chi connectivity index (χ4v) is 14.3. The highest BCUT2D eigenvalue weighted by Crippen LogP contribution is 2.65. The molecule has 1 aliphatic rings. The van der Waals surface area contributed by atoms with Gasteiger partial charge in [0, 0.05) is 0 Å². The van der Waals surface area contributed by atoms with Gasteiger partial charge in [0.25, 0.3) is 0 Å². The Labute approximate surface area is 440 Å². The Morgan fingerprint density at radius 3 is 0.696 bits per heavy atom. The lowest BCUT2D eigenvalue weighted by molar-refractivity contribution is -0.0198. The molecule has 0 aliphatic heterocycles. The van der Waals surface area contributed by atoms with Gasteiger partial charge in [-0.05, 0) is 80.1 Å². The third kappa shape index (κ3) is 35.7. The van der Waals surface area contributed by atoms with Gasteiger partial charge in [-0.3, -0.25) is 0 Å². The van der Waals surface area contributed by atoms with Gasteiger partial charge >= 0.3 is 0 Å². The van der Waals surface area contributed by atoms with Crippen molar-refractivity contribution in [2.24, 2.45) is 34.3 Å². The van der Waals surface area contributed by atoms with Crippen LogP contribution >= 0.6 is 0 Å². The lowest BCUT2D eigenvalue weighted by Gasteiger charge is -2.52. The molecule has 0 spiro atoms. The average molecular weight is 969 g/mol. The van der Waals surface area contributed by atoms with Crippen LogP contribution in [0.2, 0.25) is 0 Å². The number of hydrogen-bond donors (Lipinski definition) is 1. The molecule has 1 fully saturated rings. The molecule has 0 heterocycles. The Hall–Kier alpha value is -0.0400. The molecule has 1 saturated carbocycles. The van der Waals surface area contributed by atoms with Crippen molar-refractivity contribution in [1.29, 1.82) is 0 Å². The van der Waals surface area contributed by atoms with E-state index in [2.05, 4.69) is 41.5 Å². The smallest absolute Gasteiger partial charge is 0.00771 e. The maximum Gasteiger partial charge on any atom is -0.00771 e. The number of hydrogen-bond acceptors (Lipinski definition) is 1. The second-order valence-corrected chi connectivity index (χ2v) is 25.0. The second-order valence-electron chi connectivity index (χ2n) is 25.0. The summed E-state index contributed by atoms with van der Waals surface area (Å²) in [6.07, 6.45) is 82.3. The summed E-state index contributed by atoms with van der Waals surface area (Å²) >= 11 is 0. The average Bonchev–Trinajstić information content (AvgIpc) is 3.69. The molecule has 0 aromatic carbocycles. The molecular formula is C68H137N. The minimum absolute atomic E-state index is 0.511. The van der Waals surface area contributed by atoms with Gasteiger partial charge in [0.15, 0.2) is 0 Å². The van der Waals surface area contributed by atoms with E-state index < -0.39 is 0 Å². The van der Waals surface area contributed by atoms with Gasteiger partial charge in [0.1, 0.15) is 0 Å². The fourth-order valence-electron chi connectivity index (χ4n) is 14.3. The van der Waals surface area contributed by atoms with Crippen LogP contribution in [0, 0.1) is 28.6 Å². The molecule has 4 atom stereocenters. The van der Waals surface area contributed by atoms with Crippen molar-refractivity contribution in [2.75, 3.05) is 6.54 Å². The van der Waals surface area contributed by atoms with Crippen LogP contribution in [0.3, 0.4) is 0 Å². The molecule has 1 rings (SSSR count). The van der Waals surface area contributed by atoms with E-state index >= 15 is 0 Å². The van der Waals surface area contributed by atoms with Crippen LogP contribution in [-0.2, 0) is 0 Å². The zero-order valence-electron chi connectivity index (χ0n) is 49.6. The summed E-state index contributed by atoms with van der Waals surface area (Å²) in [5.41, 5.74) is 7.72. The molecule has 414 valence electrons. The SMILES string of the molecule is CCCCCCCCCCC(CCCCCCCC)CC1(CCCN)CCCC1(CC(CCCCCCCC)CCCCCCCCCC)CC(CCCCCCCC)CCCCCCCCCC. The highest BCUT2D eigenvalue weighted by Gasteiger charge is 2.55. The Bertz CT molecular complexity index is 944. The Morgan fingerprint density at radius 2 is 0.464 bits per heavy atom. The topological polar surface area (TPSA) is 26.0 Å². The van der Waals surface area contributed by atoms with Gasteiger partial charge in [-0.2, -0.15) is 0 Å². The lowest BCUT2D eigenvalue weighted by Crippen LogP contribution is -2.43. The third-order valence-electron chi connectivity index (χ3n) is 18.6. The Balaban J connectivity index is 3.65. The molecule has 0 bridgehead atoms. The predicted molar refractivity (Wildman–Crippen MR) is 317 cm³/mol.